The smallest absolute Gasteiger partial charge is 0.137 e. The fourth-order valence-electron chi connectivity index (χ4n) is 3.94. The predicted molar refractivity (Wildman–Crippen MR) is 103 cm³/mol. The van der Waals surface area contributed by atoms with E-state index in [-0.39, 0.29) is 5.56 Å². The fraction of sp³-hybridized carbons (Fsp3) is 0.250. The molecule has 1 aliphatic rings. The Labute approximate surface area is 157 Å². The number of fused-ring (bicyclic) bond motifs is 3. The second kappa shape index (κ2) is 7.22. The van der Waals surface area contributed by atoms with Gasteiger partial charge in [-0.05, 0) is 77.3 Å². The largest absolute Gasteiger partial charge is 0.207 e. The molecule has 0 aliphatic heterocycles. The van der Waals surface area contributed by atoms with Crippen molar-refractivity contribution in [3.8, 4) is 22.3 Å². The van der Waals surface area contributed by atoms with Crippen LogP contribution < -0.4 is 0 Å². The summed E-state index contributed by atoms with van der Waals surface area (Å²) in [7, 11) is 0. The maximum atomic E-state index is 15.2. The topological polar surface area (TPSA) is 0 Å². The molecule has 0 heterocycles. The minimum absolute atomic E-state index is 0.0724. The van der Waals surface area contributed by atoms with E-state index in [0.29, 0.717) is 23.1 Å². The molecule has 138 valence electrons. The molecule has 0 spiro atoms. The van der Waals surface area contributed by atoms with Gasteiger partial charge in [0.1, 0.15) is 17.5 Å². The number of benzene rings is 3. The van der Waals surface area contributed by atoms with Gasteiger partial charge in [0.25, 0.3) is 0 Å². The molecule has 0 bridgehead atoms. The molecular weight excluding hydrogens is 345 g/mol. The Hall–Kier alpha value is -2.55. The Morgan fingerprint density at radius 1 is 0.852 bits per heavy atom. The Bertz CT molecular complexity index is 987. The first-order chi connectivity index (χ1) is 13.1. The molecule has 4 rings (SSSR count). The van der Waals surface area contributed by atoms with Crippen molar-refractivity contribution in [3.05, 3.63) is 82.7 Å². The molecule has 3 aromatic carbocycles. The van der Waals surface area contributed by atoms with Gasteiger partial charge >= 0.3 is 0 Å². The summed E-state index contributed by atoms with van der Waals surface area (Å²) in [5.74, 6) is -1.57. The normalized spacial score (nSPS) is 12.6. The Balaban J connectivity index is 1.80. The van der Waals surface area contributed by atoms with Gasteiger partial charge in [-0.25, -0.2) is 13.2 Å². The van der Waals surface area contributed by atoms with Gasteiger partial charge in [0, 0.05) is 0 Å². The molecule has 0 amide bonds. The highest BCUT2D eigenvalue weighted by Gasteiger charge is 2.25. The first-order valence-corrected chi connectivity index (χ1v) is 9.47. The number of halogens is 3. The molecule has 1 aliphatic carbocycles. The summed E-state index contributed by atoms with van der Waals surface area (Å²) in [5.41, 5.74) is 4.82. The SMILES string of the molecule is CCCCc1ccc2c(c1)CCc1c-2cc(F)c(-c2ccc(F)cc2)c1F. The van der Waals surface area contributed by atoms with E-state index >= 15 is 4.39 Å². The van der Waals surface area contributed by atoms with Gasteiger partial charge in [0.15, 0.2) is 0 Å². The predicted octanol–water partition coefficient (Wildman–Crippen LogP) is 6.88. The summed E-state index contributed by atoms with van der Waals surface area (Å²) in [6.07, 6.45) is 4.60. The van der Waals surface area contributed by atoms with Crippen LogP contribution >= 0.6 is 0 Å². The van der Waals surface area contributed by atoms with Crippen LogP contribution in [0, 0.1) is 17.5 Å². The summed E-state index contributed by atoms with van der Waals surface area (Å²) in [5, 5.41) is 0. The van der Waals surface area contributed by atoms with Gasteiger partial charge in [-0.2, -0.15) is 0 Å². The summed E-state index contributed by atoms with van der Waals surface area (Å²) in [6.45, 7) is 2.17. The molecule has 0 aromatic heterocycles. The molecule has 0 unspecified atom stereocenters. The lowest BCUT2D eigenvalue weighted by Crippen LogP contribution is -2.09. The third-order valence-electron chi connectivity index (χ3n) is 5.38. The average Bonchev–Trinajstić information content (AvgIpc) is 2.67. The summed E-state index contributed by atoms with van der Waals surface area (Å²) >= 11 is 0. The number of hydrogen-bond acceptors (Lipinski definition) is 0. The molecular formula is C24H21F3. The molecule has 0 N–H and O–H groups in total. The van der Waals surface area contributed by atoms with Crippen LogP contribution in [0.25, 0.3) is 22.3 Å². The van der Waals surface area contributed by atoms with Crippen LogP contribution in [0.5, 0.6) is 0 Å². The zero-order chi connectivity index (χ0) is 19.0. The van der Waals surface area contributed by atoms with Crippen molar-refractivity contribution in [1.82, 2.24) is 0 Å². The Kier molecular flexibility index (Phi) is 4.77. The highest BCUT2D eigenvalue weighted by Crippen LogP contribution is 2.40. The third kappa shape index (κ3) is 3.27. The van der Waals surface area contributed by atoms with Crippen molar-refractivity contribution in [2.45, 2.75) is 39.0 Å². The minimum Gasteiger partial charge on any atom is -0.207 e. The van der Waals surface area contributed by atoms with Crippen LogP contribution in [0.1, 0.15) is 36.5 Å². The number of unbranched alkanes of at least 4 members (excludes halogenated alkanes) is 1. The molecule has 27 heavy (non-hydrogen) atoms. The van der Waals surface area contributed by atoms with Crippen LogP contribution in [0.4, 0.5) is 13.2 Å². The van der Waals surface area contributed by atoms with Gasteiger partial charge in [-0.3, -0.25) is 0 Å². The molecule has 0 fully saturated rings. The lowest BCUT2D eigenvalue weighted by atomic mass is 9.82. The van der Waals surface area contributed by atoms with E-state index in [1.54, 1.807) is 0 Å². The molecule has 0 saturated heterocycles. The third-order valence-corrected chi connectivity index (χ3v) is 5.38. The van der Waals surface area contributed by atoms with E-state index in [1.165, 1.54) is 35.9 Å². The van der Waals surface area contributed by atoms with Crippen LogP contribution in [-0.4, -0.2) is 0 Å². The second-order valence-electron chi connectivity index (χ2n) is 7.18. The van der Waals surface area contributed by atoms with Gasteiger partial charge in [0.2, 0.25) is 0 Å². The lowest BCUT2D eigenvalue weighted by Gasteiger charge is -2.23. The quantitative estimate of drug-likeness (QED) is 0.472. The second-order valence-corrected chi connectivity index (χ2v) is 7.18. The first-order valence-electron chi connectivity index (χ1n) is 9.47. The summed E-state index contributed by atoms with van der Waals surface area (Å²) in [4.78, 5) is 0. The summed E-state index contributed by atoms with van der Waals surface area (Å²) < 4.78 is 43.2. The number of rotatable bonds is 4. The molecule has 3 aromatic rings. The van der Waals surface area contributed by atoms with Crippen molar-refractivity contribution in [1.29, 1.82) is 0 Å². The van der Waals surface area contributed by atoms with E-state index in [1.807, 2.05) is 6.07 Å². The molecule has 0 radical (unpaired) electrons. The van der Waals surface area contributed by atoms with E-state index in [4.69, 9.17) is 0 Å². The molecule has 3 heteroatoms. The lowest BCUT2D eigenvalue weighted by molar-refractivity contribution is 0.577. The van der Waals surface area contributed by atoms with Gasteiger partial charge < -0.3 is 0 Å². The average molecular weight is 366 g/mol. The maximum absolute atomic E-state index is 15.2. The monoisotopic (exact) mass is 366 g/mol. The zero-order valence-corrected chi connectivity index (χ0v) is 15.3. The van der Waals surface area contributed by atoms with Gasteiger partial charge in [-0.15, -0.1) is 0 Å². The fourth-order valence-corrected chi connectivity index (χ4v) is 3.94. The van der Waals surface area contributed by atoms with E-state index in [0.717, 1.165) is 36.8 Å². The standard InChI is InChI=1S/C24H21F3/c1-2-3-4-15-5-11-19-17(13-15)8-12-20-21(19)14-22(26)23(24(20)27)16-6-9-18(25)10-7-16/h5-7,9-11,13-14H,2-4,8,12H2,1H3. The van der Waals surface area contributed by atoms with Crippen molar-refractivity contribution < 1.29 is 13.2 Å². The Morgan fingerprint density at radius 3 is 2.37 bits per heavy atom. The van der Waals surface area contributed by atoms with E-state index < -0.39 is 17.5 Å². The van der Waals surface area contributed by atoms with Crippen molar-refractivity contribution in [2.75, 3.05) is 0 Å². The number of aryl methyl sites for hydroxylation is 2. The maximum Gasteiger partial charge on any atom is 0.137 e. The van der Waals surface area contributed by atoms with Gasteiger partial charge in [0.05, 0.1) is 5.56 Å². The Morgan fingerprint density at radius 2 is 1.63 bits per heavy atom. The number of hydrogen-bond donors (Lipinski definition) is 0. The molecule has 0 saturated carbocycles. The van der Waals surface area contributed by atoms with Crippen LogP contribution in [-0.2, 0) is 19.3 Å². The summed E-state index contributed by atoms with van der Waals surface area (Å²) in [6, 6.07) is 12.9. The van der Waals surface area contributed by atoms with Crippen LogP contribution in [0.2, 0.25) is 0 Å². The first kappa shape index (κ1) is 17.8. The van der Waals surface area contributed by atoms with E-state index in [9.17, 15) is 8.78 Å². The highest BCUT2D eigenvalue weighted by molar-refractivity contribution is 5.78. The molecule has 0 nitrogen and oxygen atoms in total. The van der Waals surface area contributed by atoms with Crippen molar-refractivity contribution in [3.63, 3.8) is 0 Å². The minimum atomic E-state index is -0.610. The highest BCUT2D eigenvalue weighted by atomic mass is 19.1. The van der Waals surface area contributed by atoms with Crippen molar-refractivity contribution >= 4 is 0 Å². The van der Waals surface area contributed by atoms with E-state index in [2.05, 4.69) is 19.1 Å². The molecule has 0 atom stereocenters. The van der Waals surface area contributed by atoms with Crippen molar-refractivity contribution in [2.24, 2.45) is 0 Å². The van der Waals surface area contributed by atoms with Crippen LogP contribution in [0.3, 0.4) is 0 Å². The van der Waals surface area contributed by atoms with Crippen LogP contribution in [0.15, 0.2) is 48.5 Å². The van der Waals surface area contributed by atoms with Gasteiger partial charge in [-0.1, -0.05) is 43.7 Å². The zero-order valence-electron chi connectivity index (χ0n) is 15.3.